The van der Waals surface area contributed by atoms with E-state index in [2.05, 4.69) is 5.32 Å². The van der Waals surface area contributed by atoms with Crippen LogP contribution in [0.3, 0.4) is 0 Å². The molecule has 0 aromatic heterocycles. The molecular weight excluding hydrogens is 350 g/mol. The minimum Gasteiger partial charge on any atom is -0.373 e. The molecule has 2 aromatic rings. The van der Waals surface area contributed by atoms with E-state index in [1.807, 2.05) is 66.1 Å². The fourth-order valence-electron chi connectivity index (χ4n) is 4.10. The normalized spacial score (nSPS) is 19.4. The number of nitrogens with zero attached hydrogens (tertiary/aromatic N) is 2. The molecule has 2 amide bonds. The highest BCUT2D eigenvalue weighted by Gasteiger charge is 2.33. The van der Waals surface area contributed by atoms with Crippen LogP contribution in [0, 0.1) is 13.8 Å². The third-order valence-corrected chi connectivity index (χ3v) is 5.84. The summed E-state index contributed by atoms with van der Waals surface area (Å²) in [6.45, 7) is 6.37. The van der Waals surface area contributed by atoms with E-state index in [0.29, 0.717) is 6.54 Å². The second-order valence-electron chi connectivity index (χ2n) is 7.79. The van der Waals surface area contributed by atoms with Crippen molar-refractivity contribution in [1.82, 2.24) is 4.90 Å². The van der Waals surface area contributed by atoms with Gasteiger partial charge in [-0.15, -0.1) is 0 Å². The third kappa shape index (κ3) is 3.49. The fraction of sp³-hybridized carbons (Fsp3) is 0.391. The fourth-order valence-corrected chi connectivity index (χ4v) is 4.10. The van der Waals surface area contributed by atoms with E-state index in [4.69, 9.17) is 0 Å². The molecule has 146 valence electrons. The Morgan fingerprint density at radius 3 is 2.43 bits per heavy atom. The van der Waals surface area contributed by atoms with Crippen molar-refractivity contribution < 1.29 is 9.59 Å². The van der Waals surface area contributed by atoms with Gasteiger partial charge in [-0.1, -0.05) is 23.8 Å². The summed E-state index contributed by atoms with van der Waals surface area (Å²) in [5.41, 5.74) is 4.64. The molecule has 2 aromatic carbocycles. The summed E-state index contributed by atoms with van der Waals surface area (Å²) in [5.74, 6) is 0.178. The molecule has 2 aliphatic rings. The summed E-state index contributed by atoms with van der Waals surface area (Å²) < 4.78 is 0. The molecule has 28 heavy (non-hydrogen) atoms. The summed E-state index contributed by atoms with van der Waals surface area (Å²) in [6, 6.07) is 13.5. The monoisotopic (exact) mass is 377 g/mol. The molecule has 2 saturated heterocycles. The van der Waals surface area contributed by atoms with Gasteiger partial charge in [-0.3, -0.25) is 9.59 Å². The molecule has 2 aliphatic heterocycles. The molecule has 1 N–H and O–H groups in total. The minimum atomic E-state index is -0.267. The zero-order chi connectivity index (χ0) is 19.7. The number of hydrogen-bond acceptors (Lipinski definition) is 3. The van der Waals surface area contributed by atoms with Gasteiger partial charge < -0.3 is 15.1 Å². The number of amides is 2. The van der Waals surface area contributed by atoms with Crippen molar-refractivity contribution in [3.63, 3.8) is 0 Å². The van der Waals surface area contributed by atoms with Gasteiger partial charge in [0, 0.05) is 36.6 Å². The Morgan fingerprint density at radius 2 is 1.71 bits per heavy atom. The number of rotatable bonds is 4. The molecular formula is C23H27N3O2. The molecule has 0 spiro atoms. The van der Waals surface area contributed by atoms with Gasteiger partial charge in [-0.25, -0.2) is 0 Å². The highest BCUT2D eigenvalue weighted by atomic mass is 16.2. The molecule has 0 radical (unpaired) electrons. The summed E-state index contributed by atoms with van der Waals surface area (Å²) in [7, 11) is 0. The Kier molecular flexibility index (Phi) is 5.07. The van der Waals surface area contributed by atoms with Crippen molar-refractivity contribution in [2.75, 3.05) is 29.9 Å². The smallest absolute Gasteiger partial charge is 0.254 e. The molecule has 2 heterocycles. The van der Waals surface area contributed by atoms with Crippen LogP contribution < -0.4 is 10.2 Å². The van der Waals surface area contributed by atoms with Gasteiger partial charge in [0.2, 0.25) is 5.91 Å². The van der Waals surface area contributed by atoms with E-state index < -0.39 is 0 Å². The molecule has 0 aliphatic carbocycles. The Balaban J connectivity index is 1.50. The Morgan fingerprint density at radius 1 is 1.00 bits per heavy atom. The second kappa shape index (κ2) is 7.66. The van der Waals surface area contributed by atoms with E-state index in [-0.39, 0.29) is 17.9 Å². The molecule has 2 fully saturated rings. The molecule has 5 nitrogen and oxygen atoms in total. The van der Waals surface area contributed by atoms with Crippen molar-refractivity contribution in [2.24, 2.45) is 0 Å². The third-order valence-electron chi connectivity index (χ3n) is 5.84. The van der Waals surface area contributed by atoms with Gasteiger partial charge in [0.25, 0.3) is 5.91 Å². The van der Waals surface area contributed by atoms with Gasteiger partial charge in [-0.05, 0) is 62.9 Å². The predicted octanol–water partition coefficient (Wildman–Crippen LogP) is 3.76. The van der Waals surface area contributed by atoms with E-state index >= 15 is 0 Å². The Labute approximate surface area is 166 Å². The van der Waals surface area contributed by atoms with Gasteiger partial charge >= 0.3 is 0 Å². The average molecular weight is 377 g/mol. The maximum absolute atomic E-state index is 12.9. The number of nitrogens with one attached hydrogen (secondary N) is 1. The van der Waals surface area contributed by atoms with Gasteiger partial charge in [-0.2, -0.15) is 0 Å². The quantitative estimate of drug-likeness (QED) is 0.883. The number of likely N-dealkylation sites (tertiary alicyclic amines) is 1. The number of anilines is 2. The van der Waals surface area contributed by atoms with Crippen molar-refractivity contribution in [3.8, 4) is 0 Å². The van der Waals surface area contributed by atoms with Crippen LogP contribution >= 0.6 is 0 Å². The summed E-state index contributed by atoms with van der Waals surface area (Å²) >= 11 is 0. The minimum absolute atomic E-state index is 0.0829. The topological polar surface area (TPSA) is 52.7 Å². The summed E-state index contributed by atoms with van der Waals surface area (Å²) in [4.78, 5) is 29.5. The second-order valence-corrected chi connectivity index (χ2v) is 7.79. The number of benzene rings is 2. The van der Waals surface area contributed by atoms with Crippen LogP contribution in [0.5, 0.6) is 0 Å². The molecule has 5 heteroatoms. The van der Waals surface area contributed by atoms with E-state index in [0.717, 1.165) is 54.9 Å². The molecule has 1 atom stereocenters. The van der Waals surface area contributed by atoms with E-state index in [1.165, 1.54) is 5.56 Å². The summed E-state index contributed by atoms with van der Waals surface area (Å²) in [5, 5.41) is 3.39. The van der Waals surface area contributed by atoms with E-state index in [1.54, 1.807) is 0 Å². The van der Waals surface area contributed by atoms with Gasteiger partial charge in [0.1, 0.15) is 6.04 Å². The molecule has 4 rings (SSSR count). The highest BCUT2D eigenvalue weighted by Crippen LogP contribution is 2.27. The van der Waals surface area contributed by atoms with Crippen LogP contribution in [0.15, 0.2) is 42.5 Å². The molecule has 0 bridgehead atoms. The first-order valence-electron chi connectivity index (χ1n) is 10.1. The standard InChI is InChI=1S/C23H27N3O2/c1-16-8-10-18(11-9-16)26-15-12-21(23(26)28)24-20-7-5-6-19(17(20)2)22(27)25-13-3-4-14-25/h5-11,21,24H,3-4,12-15H2,1-2H3. The molecule has 0 saturated carbocycles. The van der Waals surface area contributed by atoms with Crippen LogP contribution in [0.4, 0.5) is 11.4 Å². The average Bonchev–Trinajstić information content (AvgIpc) is 3.35. The van der Waals surface area contributed by atoms with Gasteiger partial charge in [0.05, 0.1) is 0 Å². The van der Waals surface area contributed by atoms with Gasteiger partial charge in [0.15, 0.2) is 0 Å². The van der Waals surface area contributed by atoms with Crippen molar-refractivity contribution in [1.29, 1.82) is 0 Å². The van der Waals surface area contributed by atoms with E-state index in [9.17, 15) is 9.59 Å². The zero-order valence-electron chi connectivity index (χ0n) is 16.6. The number of hydrogen-bond donors (Lipinski definition) is 1. The lowest BCUT2D eigenvalue weighted by molar-refractivity contribution is -0.117. The number of aryl methyl sites for hydroxylation is 1. The maximum atomic E-state index is 12.9. The van der Waals surface area contributed by atoms with Crippen LogP contribution in [-0.4, -0.2) is 42.4 Å². The SMILES string of the molecule is Cc1ccc(N2CCC(Nc3cccc(C(=O)N4CCCC4)c3C)C2=O)cc1. The Bertz CT molecular complexity index is 885. The van der Waals surface area contributed by atoms with Crippen LogP contribution in [-0.2, 0) is 4.79 Å². The lowest BCUT2D eigenvalue weighted by Crippen LogP contribution is -2.34. The van der Waals surface area contributed by atoms with Crippen LogP contribution in [0.25, 0.3) is 0 Å². The zero-order valence-corrected chi connectivity index (χ0v) is 16.6. The molecule has 1 unspecified atom stereocenters. The lowest BCUT2D eigenvalue weighted by Gasteiger charge is -2.21. The van der Waals surface area contributed by atoms with Crippen molar-refractivity contribution >= 4 is 23.2 Å². The summed E-state index contributed by atoms with van der Waals surface area (Å²) in [6.07, 6.45) is 2.90. The van der Waals surface area contributed by atoms with Crippen LogP contribution in [0.1, 0.15) is 40.7 Å². The first kappa shape index (κ1) is 18.5. The number of carbonyl (C=O) groups excluding carboxylic acids is 2. The maximum Gasteiger partial charge on any atom is 0.254 e. The Hall–Kier alpha value is -2.82. The first-order chi connectivity index (χ1) is 13.5. The number of carbonyl (C=O) groups is 2. The first-order valence-corrected chi connectivity index (χ1v) is 10.1. The largest absolute Gasteiger partial charge is 0.373 e. The predicted molar refractivity (Wildman–Crippen MR) is 112 cm³/mol. The van der Waals surface area contributed by atoms with Crippen LogP contribution in [0.2, 0.25) is 0 Å². The van der Waals surface area contributed by atoms with Crippen molar-refractivity contribution in [3.05, 3.63) is 59.2 Å². The lowest BCUT2D eigenvalue weighted by atomic mass is 10.0. The van der Waals surface area contributed by atoms with Crippen molar-refractivity contribution in [2.45, 2.75) is 39.2 Å². The highest BCUT2D eigenvalue weighted by molar-refractivity contribution is 6.02.